The van der Waals surface area contributed by atoms with Gasteiger partial charge in [0, 0.05) is 17.9 Å². The summed E-state index contributed by atoms with van der Waals surface area (Å²) in [6.07, 6.45) is 0. The first-order chi connectivity index (χ1) is 24.2. The molecule has 0 fully saturated rings. The largest absolute Gasteiger partial charge is 0.310 e. The second kappa shape index (κ2) is 20.1. The van der Waals surface area contributed by atoms with Crippen molar-refractivity contribution in [1.82, 2.24) is 0 Å². The Morgan fingerprint density at radius 3 is 0.725 bits per heavy atom. The van der Waals surface area contributed by atoms with E-state index in [2.05, 4.69) is 173 Å². The van der Waals surface area contributed by atoms with Crippen molar-refractivity contribution in [3.05, 3.63) is 212 Å². The molecule has 7 rings (SSSR count). The minimum Gasteiger partial charge on any atom is -0.134 e. The second-order valence-electron chi connectivity index (χ2n) is 11.2. The van der Waals surface area contributed by atoms with Gasteiger partial charge >= 0.3 is 6.69 Å². The van der Waals surface area contributed by atoms with E-state index in [1.54, 1.807) is 0 Å². The maximum atomic E-state index is 6.49. The third-order valence-corrected chi connectivity index (χ3v) is 19.7. The summed E-state index contributed by atoms with van der Waals surface area (Å²) < 4.78 is 4.43. The highest BCUT2D eigenvalue weighted by Crippen LogP contribution is 2.17. The molecule has 7 aromatic carbocycles. The monoisotopic (exact) mass is 994 g/mol. The van der Waals surface area contributed by atoms with E-state index in [0.29, 0.717) is 0 Å². The summed E-state index contributed by atoms with van der Waals surface area (Å²) in [5.74, 6) is 0. The SMILES string of the molecule is Brc1ccc(Br)cc1.Brc1ccc([Si](c2ccccc2)(c2ccccc2)c2ccc(Br)cc2)cc1.C.Cl[Si](Cl)(c1ccccc1)c1ccccc1. The zero-order valence-electron chi connectivity index (χ0n) is 26.7. The van der Waals surface area contributed by atoms with Gasteiger partial charge in [-0.15, -0.1) is 22.2 Å². The summed E-state index contributed by atoms with van der Waals surface area (Å²) in [6, 6.07) is 67.3. The molecule has 0 aromatic heterocycles. The van der Waals surface area contributed by atoms with E-state index >= 15 is 0 Å². The zero-order chi connectivity index (χ0) is 35.4. The van der Waals surface area contributed by atoms with E-state index in [-0.39, 0.29) is 7.43 Å². The van der Waals surface area contributed by atoms with Gasteiger partial charge in [0.2, 0.25) is 0 Å². The van der Waals surface area contributed by atoms with Crippen molar-refractivity contribution in [2.75, 3.05) is 0 Å². The highest BCUT2D eigenvalue weighted by molar-refractivity contribution is 9.11. The maximum absolute atomic E-state index is 6.49. The Bertz CT molecular complexity index is 1880. The van der Waals surface area contributed by atoms with Gasteiger partial charge in [0.05, 0.1) is 0 Å². The smallest absolute Gasteiger partial charge is 0.134 e. The van der Waals surface area contributed by atoms with E-state index < -0.39 is 14.8 Å². The van der Waals surface area contributed by atoms with Gasteiger partial charge in [-0.25, -0.2) is 0 Å². The molecule has 7 aromatic rings. The molecule has 8 heteroatoms. The van der Waals surface area contributed by atoms with Gasteiger partial charge in [-0.3, -0.25) is 0 Å². The molecule has 0 unspecified atom stereocenters. The van der Waals surface area contributed by atoms with Crippen molar-refractivity contribution < 1.29 is 0 Å². The molecule has 0 aliphatic heterocycles. The van der Waals surface area contributed by atoms with Gasteiger partial charge in [0.1, 0.15) is 0 Å². The molecule has 0 saturated carbocycles. The number of rotatable bonds is 6. The predicted octanol–water partition coefficient (Wildman–Crippen LogP) is 11.2. The summed E-state index contributed by atoms with van der Waals surface area (Å²) in [5.41, 5.74) is 0. The summed E-state index contributed by atoms with van der Waals surface area (Å²) in [4.78, 5) is 0. The Labute approximate surface area is 347 Å². The first kappa shape index (κ1) is 41.2. The van der Waals surface area contributed by atoms with Gasteiger partial charge in [-0.1, -0.05) is 217 Å². The number of hydrogen-bond acceptors (Lipinski definition) is 0. The molecule has 0 amide bonds. The predicted molar refractivity (Wildman–Crippen MR) is 244 cm³/mol. The first-order valence-corrected chi connectivity index (χ1v) is 24.9. The number of benzene rings is 7. The Morgan fingerprint density at radius 1 is 0.275 bits per heavy atom. The maximum Gasteiger partial charge on any atom is 0.310 e. The molecule has 0 spiro atoms. The quantitative estimate of drug-likeness (QED) is 0.0885. The topological polar surface area (TPSA) is 0 Å². The molecule has 0 aliphatic carbocycles. The Morgan fingerprint density at radius 2 is 0.471 bits per heavy atom. The van der Waals surface area contributed by atoms with Gasteiger partial charge < -0.3 is 0 Å². The average molecular weight is 999 g/mol. The van der Waals surface area contributed by atoms with Crippen LogP contribution in [0.2, 0.25) is 0 Å². The van der Waals surface area contributed by atoms with E-state index in [0.717, 1.165) is 28.3 Å². The standard InChI is InChI=1S/C24H18Br2Si.C12H10Cl2Si.C6H4Br2.CH4/c25-19-11-15-23(16-12-19)27(21-7-3-1-4-8-21,22-9-5-2-6-10-22)24-17-13-20(26)14-18-24;13-15(14,11-7-3-1-4-8-11)12-9-5-2-6-10-12;7-5-1-2-6(8)4-3-5;/h1-18H;1-10H;1-4H;1H4. The van der Waals surface area contributed by atoms with Crippen LogP contribution in [0.5, 0.6) is 0 Å². The highest BCUT2D eigenvalue weighted by atomic mass is 79.9. The molecule has 51 heavy (non-hydrogen) atoms. The summed E-state index contributed by atoms with van der Waals surface area (Å²) in [5, 5.41) is 7.59. The molecule has 0 N–H and O–H groups in total. The molecule has 0 nitrogen and oxygen atoms in total. The summed E-state index contributed by atoms with van der Waals surface area (Å²) in [7, 11) is -2.39. The lowest BCUT2D eigenvalue weighted by Gasteiger charge is -2.34. The molecule has 0 bridgehead atoms. The fraction of sp³-hybridized carbons (Fsp3) is 0.0233. The molecule has 0 heterocycles. The Hall–Kier alpha value is -2.53. The lowest BCUT2D eigenvalue weighted by molar-refractivity contribution is 1.61. The molecule has 0 saturated heterocycles. The van der Waals surface area contributed by atoms with E-state index in [9.17, 15) is 0 Å². The fourth-order valence-corrected chi connectivity index (χ4v) is 14.5. The van der Waals surface area contributed by atoms with Gasteiger partial charge in [-0.2, -0.15) is 0 Å². The van der Waals surface area contributed by atoms with Crippen LogP contribution in [0, 0.1) is 0 Å². The van der Waals surface area contributed by atoms with Crippen LogP contribution in [0.15, 0.2) is 212 Å². The van der Waals surface area contributed by atoms with Crippen molar-refractivity contribution in [3.63, 3.8) is 0 Å². The van der Waals surface area contributed by atoms with Crippen LogP contribution < -0.4 is 31.1 Å². The van der Waals surface area contributed by atoms with Crippen LogP contribution in [-0.2, 0) is 0 Å². The molecule has 0 radical (unpaired) electrons. The van der Waals surface area contributed by atoms with Crippen molar-refractivity contribution in [3.8, 4) is 0 Å². The van der Waals surface area contributed by atoms with Crippen LogP contribution in [0.25, 0.3) is 0 Å². The van der Waals surface area contributed by atoms with Crippen LogP contribution >= 0.6 is 85.9 Å². The fourth-order valence-electron chi connectivity index (χ4n) is 5.67. The van der Waals surface area contributed by atoms with E-state index in [1.165, 1.54) is 20.7 Å². The van der Waals surface area contributed by atoms with Crippen LogP contribution in [-0.4, -0.2) is 14.8 Å². The van der Waals surface area contributed by atoms with Crippen LogP contribution in [0.1, 0.15) is 7.43 Å². The number of halogens is 6. The highest BCUT2D eigenvalue weighted by Gasteiger charge is 2.41. The van der Waals surface area contributed by atoms with Crippen molar-refractivity contribution in [1.29, 1.82) is 0 Å². The third kappa shape index (κ3) is 10.8. The average Bonchev–Trinajstić information content (AvgIpc) is 3.17. The van der Waals surface area contributed by atoms with Gasteiger partial charge in [0.15, 0.2) is 8.07 Å². The summed E-state index contributed by atoms with van der Waals surface area (Å²) >= 11 is 26.8. The normalized spacial score (nSPS) is 10.8. The van der Waals surface area contributed by atoms with Crippen LogP contribution in [0.3, 0.4) is 0 Å². The molecular weight excluding hydrogens is 963 g/mol. The third-order valence-electron chi connectivity index (χ3n) is 8.04. The molecule has 0 atom stereocenters. The van der Waals surface area contributed by atoms with Gasteiger partial charge in [-0.05, 0) is 79.7 Å². The Balaban J connectivity index is 0.000000203. The number of hydrogen-bond donors (Lipinski definition) is 0. The minimum absolute atomic E-state index is 0. The molecule has 0 aliphatic rings. The minimum atomic E-state index is -2.51. The summed E-state index contributed by atoms with van der Waals surface area (Å²) in [6.45, 7) is -2.51. The van der Waals surface area contributed by atoms with Gasteiger partial charge in [0.25, 0.3) is 0 Å². The molecular formula is C43H36Br4Cl2Si2. The van der Waals surface area contributed by atoms with Crippen molar-refractivity contribution in [2.24, 2.45) is 0 Å². The second-order valence-corrected chi connectivity index (χ2v) is 25.0. The van der Waals surface area contributed by atoms with E-state index in [4.69, 9.17) is 22.2 Å². The zero-order valence-corrected chi connectivity index (χ0v) is 36.6. The lowest BCUT2D eigenvalue weighted by atomic mass is 10.3. The lowest BCUT2D eigenvalue weighted by Crippen LogP contribution is -2.74. The molecule has 258 valence electrons. The van der Waals surface area contributed by atoms with Crippen molar-refractivity contribution in [2.45, 2.75) is 7.43 Å². The van der Waals surface area contributed by atoms with E-state index in [1.807, 2.05) is 84.9 Å². The van der Waals surface area contributed by atoms with Crippen LogP contribution in [0.4, 0.5) is 0 Å². The van der Waals surface area contributed by atoms with Crippen molar-refractivity contribution >= 4 is 132 Å². The Kier molecular flexibility index (Phi) is 16.2. The first-order valence-electron chi connectivity index (χ1n) is 15.7.